The molecule has 0 radical (unpaired) electrons. The van der Waals surface area contributed by atoms with Crippen molar-refractivity contribution in [3.8, 4) is 0 Å². The zero-order valence-electron chi connectivity index (χ0n) is 13.5. The number of hydrogen-bond acceptors (Lipinski definition) is 5. The molecule has 2 aromatic heterocycles. The van der Waals surface area contributed by atoms with Gasteiger partial charge in [0.1, 0.15) is 10.5 Å². The average molecular weight is 395 g/mol. The van der Waals surface area contributed by atoms with E-state index in [2.05, 4.69) is 15.0 Å². The third-order valence-corrected chi connectivity index (χ3v) is 5.25. The fraction of sp³-hybridized carbons (Fsp3) is 0.125. The smallest absolute Gasteiger partial charge is 0.265 e. The number of aromatic amines is 1. The number of benzene rings is 1. The Hall–Kier alpha value is -2.72. The van der Waals surface area contributed by atoms with Crippen molar-refractivity contribution in [2.75, 3.05) is 11.0 Å². The monoisotopic (exact) mass is 395 g/mol. The van der Waals surface area contributed by atoms with Crippen molar-refractivity contribution in [1.29, 1.82) is 0 Å². The molecule has 0 fully saturated rings. The van der Waals surface area contributed by atoms with Gasteiger partial charge in [0.25, 0.3) is 11.5 Å². The molecule has 1 amide bonds. The molecule has 7 nitrogen and oxygen atoms in total. The van der Waals surface area contributed by atoms with Gasteiger partial charge in [-0.05, 0) is 24.3 Å². The van der Waals surface area contributed by atoms with E-state index >= 15 is 0 Å². The Kier molecular flexibility index (Phi) is 4.79. The maximum atomic E-state index is 14.1. The second-order valence-electron chi connectivity index (χ2n) is 5.52. The molecule has 0 aliphatic rings. The number of halogens is 1. The van der Waals surface area contributed by atoms with Crippen molar-refractivity contribution in [3.63, 3.8) is 0 Å². The summed E-state index contributed by atoms with van der Waals surface area (Å²) in [5, 5.41) is 3.18. The SMILES string of the molecule is CS(=O)(=O)Nc1cccc(F)c1CNC(=O)c1cc2cc[nH]c(=O)c2s1. The summed E-state index contributed by atoms with van der Waals surface area (Å²) in [7, 11) is -3.59. The number of amides is 1. The first-order valence-electron chi connectivity index (χ1n) is 7.39. The number of thiophene rings is 1. The van der Waals surface area contributed by atoms with Crippen LogP contribution in [0.1, 0.15) is 15.2 Å². The molecule has 0 spiro atoms. The predicted molar refractivity (Wildman–Crippen MR) is 98.5 cm³/mol. The third kappa shape index (κ3) is 3.92. The number of anilines is 1. The molecule has 2 heterocycles. The summed E-state index contributed by atoms with van der Waals surface area (Å²) >= 11 is 1.02. The van der Waals surface area contributed by atoms with Gasteiger partial charge in [-0.15, -0.1) is 11.3 Å². The van der Waals surface area contributed by atoms with Gasteiger partial charge in [-0.2, -0.15) is 0 Å². The molecule has 3 rings (SSSR count). The summed E-state index contributed by atoms with van der Waals surface area (Å²) in [6.07, 6.45) is 2.44. The van der Waals surface area contributed by atoms with Crippen LogP contribution >= 0.6 is 11.3 Å². The lowest BCUT2D eigenvalue weighted by Crippen LogP contribution is -2.23. The fourth-order valence-electron chi connectivity index (χ4n) is 2.38. The summed E-state index contributed by atoms with van der Waals surface area (Å²) in [6, 6.07) is 7.20. The van der Waals surface area contributed by atoms with E-state index in [9.17, 15) is 22.4 Å². The molecule has 0 saturated carbocycles. The number of hydrogen-bond donors (Lipinski definition) is 3. The lowest BCUT2D eigenvalue weighted by Gasteiger charge is -2.12. The summed E-state index contributed by atoms with van der Waals surface area (Å²) in [5.41, 5.74) is -0.217. The molecule has 136 valence electrons. The molecular weight excluding hydrogens is 381 g/mol. The first kappa shape index (κ1) is 18.1. The normalized spacial score (nSPS) is 11.5. The standard InChI is InChI=1S/C16H14FN3O4S2/c1-26(23,24)20-12-4-2-3-11(17)10(12)8-19-15(21)13-7-9-5-6-18-16(22)14(9)25-13/h2-7,20H,8H2,1H3,(H,18,22)(H,19,21). The Bertz CT molecular complexity index is 1150. The molecule has 3 aromatic rings. The van der Waals surface area contributed by atoms with Crippen LogP contribution in [0.2, 0.25) is 0 Å². The third-order valence-electron chi connectivity index (χ3n) is 3.51. The van der Waals surface area contributed by atoms with Crippen LogP contribution in [0.3, 0.4) is 0 Å². The number of aromatic nitrogens is 1. The Morgan fingerprint density at radius 1 is 1.31 bits per heavy atom. The Balaban J connectivity index is 1.83. The molecule has 0 bridgehead atoms. The molecule has 0 aliphatic heterocycles. The first-order valence-corrected chi connectivity index (χ1v) is 10.1. The highest BCUT2D eigenvalue weighted by Gasteiger charge is 2.15. The van der Waals surface area contributed by atoms with E-state index < -0.39 is 21.7 Å². The minimum absolute atomic E-state index is 0.0187. The zero-order chi connectivity index (χ0) is 18.9. The number of sulfonamides is 1. The van der Waals surface area contributed by atoms with E-state index in [1.807, 2.05) is 0 Å². The van der Waals surface area contributed by atoms with Gasteiger partial charge in [-0.1, -0.05) is 6.07 Å². The highest BCUT2D eigenvalue weighted by molar-refractivity contribution is 7.92. The van der Waals surface area contributed by atoms with Crippen LogP contribution in [-0.4, -0.2) is 25.6 Å². The van der Waals surface area contributed by atoms with Crippen LogP contribution in [0.15, 0.2) is 41.3 Å². The van der Waals surface area contributed by atoms with Crippen molar-refractivity contribution < 1.29 is 17.6 Å². The van der Waals surface area contributed by atoms with Crippen molar-refractivity contribution in [2.45, 2.75) is 6.54 Å². The number of rotatable bonds is 5. The fourth-order valence-corrected chi connectivity index (χ4v) is 3.94. The highest BCUT2D eigenvalue weighted by atomic mass is 32.2. The number of carbonyl (C=O) groups excluding carboxylic acids is 1. The van der Waals surface area contributed by atoms with Gasteiger partial charge in [-0.25, -0.2) is 12.8 Å². The number of carbonyl (C=O) groups is 1. The van der Waals surface area contributed by atoms with E-state index in [0.717, 1.165) is 17.6 Å². The second kappa shape index (κ2) is 6.89. The quantitative estimate of drug-likeness (QED) is 0.614. The summed E-state index contributed by atoms with van der Waals surface area (Å²) in [4.78, 5) is 26.9. The van der Waals surface area contributed by atoms with E-state index in [1.165, 1.54) is 24.4 Å². The van der Waals surface area contributed by atoms with Gasteiger partial charge in [0.05, 0.1) is 16.8 Å². The van der Waals surface area contributed by atoms with E-state index in [0.29, 0.717) is 15.0 Å². The van der Waals surface area contributed by atoms with Crippen molar-refractivity contribution in [1.82, 2.24) is 10.3 Å². The van der Waals surface area contributed by atoms with Gasteiger partial charge < -0.3 is 10.3 Å². The Morgan fingerprint density at radius 2 is 2.08 bits per heavy atom. The van der Waals surface area contributed by atoms with E-state index in [4.69, 9.17) is 0 Å². The first-order chi connectivity index (χ1) is 12.2. The number of nitrogens with one attached hydrogen (secondary N) is 3. The zero-order valence-corrected chi connectivity index (χ0v) is 15.1. The van der Waals surface area contributed by atoms with Gasteiger partial charge in [0.15, 0.2) is 0 Å². The Morgan fingerprint density at radius 3 is 2.77 bits per heavy atom. The van der Waals surface area contributed by atoms with Crippen LogP contribution < -0.4 is 15.6 Å². The Labute approximate surface area is 151 Å². The molecule has 0 aliphatic carbocycles. The van der Waals surface area contributed by atoms with Crippen molar-refractivity contribution >= 4 is 43.0 Å². The van der Waals surface area contributed by atoms with Gasteiger partial charge in [-0.3, -0.25) is 14.3 Å². The molecule has 1 aromatic carbocycles. The number of pyridine rings is 1. The molecule has 26 heavy (non-hydrogen) atoms. The lowest BCUT2D eigenvalue weighted by molar-refractivity contribution is 0.0955. The van der Waals surface area contributed by atoms with E-state index in [1.54, 1.807) is 12.1 Å². The largest absolute Gasteiger partial charge is 0.347 e. The van der Waals surface area contributed by atoms with Crippen LogP contribution in [0, 0.1) is 5.82 Å². The average Bonchev–Trinajstić information content (AvgIpc) is 2.98. The molecule has 0 saturated heterocycles. The summed E-state index contributed by atoms with van der Waals surface area (Å²) in [5.74, 6) is -1.13. The van der Waals surface area contributed by atoms with Crippen molar-refractivity contribution in [2.24, 2.45) is 0 Å². The topological polar surface area (TPSA) is 108 Å². The molecule has 0 atom stereocenters. The van der Waals surface area contributed by atoms with Crippen LogP contribution in [0.5, 0.6) is 0 Å². The summed E-state index contributed by atoms with van der Waals surface area (Å²) in [6.45, 7) is -0.214. The maximum absolute atomic E-state index is 14.1. The lowest BCUT2D eigenvalue weighted by atomic mass is 10.1. The minimum atomic E-state index is -3.59. The second-order valence-corrected chi connectivity index (χ2v) is 8.33. The molecule has 0 unspecified atom stereocenters. The predicted octanol–water partition coefficient (Wildman–Crippen LogP) is 2.03. The number of fused-ring (bicyclic) bond motifs is 1. The van der Waals surface area contributed by atoms with Gasteiger partial charge >= 0.3 is 0 Å². The molecule has 3 N–H and O–H groups in total. The van der Waals surface area contributed by atoms with Crippen LogP contribution in [-0.2, 0) is 16.6 Å². The maximum Gasteiger partial charge on any atom is 0.265 e. The van der Waals surface area contributed by atoms with E-state index in [-0.39, 0.29) is 23.4 Å². The summed E-state index contributed by atoms with van der Waals surface area (Å²) < 4.78 is 39.5. The molecular formula is C16H14FN3O4S2. The highest BCUT2D eigenvalue weighted by Crippen LogP contribution is 2.23. The molecule has 10 heteroatoms. The minimum Gasteiger partial charge on any atom is -0.347 e. The van der Waals surface area contributed by atoms with Gasteiger partial charge in [0.2, 0.25) is 10.0 Å². The van der Waals surface area contributed by atoms with Gasteiger partial charge in [0, 0.05) is 23.7 Å². The van der Waals surface area contributed by atoms with Crippen LogP contribution in [0.4, 0.5) is 10.1 Å². The number of H-pyrrole nitrogens is 1. The van der Waals surface area contributed by atoms with Crippen molar-refractivity contribution in [3.05, 3.63) is 63.1 Å². The van der Waals surface area contributed by atoms with Crippen LogP contribution in [0.25, 0.3) is 10.1 Å².